The molecule has 1 aromatic carbocycles. The first-order valence-corrected chi connectivity index (χ1v) is 7.51. The molecule has 106 valence electrons. The standard InChI is InChI=1S/C17H21NO2/c1-12-8-13(2)17-15(9-12)14(10-16(19)20-17)11-18-6-4-3-5-7-18/h8-10H,3-7,11H2,1-2H3/p+1. The molecule has 1 aliphatic heterocycles. The zero-order valence-corrected chi connectivity index (χ0v) is 12.3. The van der Waals surface area contributed by atoms with E-state index < -0.39 is 0 Å². The number of fused-ring (bicyclic) bond motifs is 1. The molecule has 0 bridgehead atoms. The minimum atomic E-state index is -0.226. The number of aryl methyl sites for hydroxylation is 2. The molecule has 0 spiro atoms. The van der Waals surface area contributed by atoms with Crippen LogP contribution in [0, 0.1) is 13.8 Å². The highest BCUT2D eigenvalue weighted by molar-refractivity contribution is 5.83. The summed E-state index contributed by atoms with van der Waals surface area (Å²) in [5, 5.41) is 1.11. The maximum absolute atomic E-state index is 11.8. The maximum Gasteiger partial charge on any atom is 0.336 e. The second-order valence-electron chi connectivity index (χ2n) is 6.04. The van der Waals surface area contributed by atoms with E-state index in [4.69, 9.17) is 4.42 Å². The van der Waals surface area contributed by atoms with Crippen molar-refractivity contribution in [2.45, 2.75) is 39.7 Å². The fourth-order valence-corrected chi connectivity index (χ4v) is 3.32. The molecule has 20 heavy (non-hydrogen) atoms. The molecular weight excluding hydrogens is 250 g/mol. The summed E-state index contributed by atoms with van der Waals surface area (Å²) in [6.07, 6.45) is 3.94. The second-order valence-corrected chi connectivity index (χ2v) is 6.04. The molecular formula is C17H22NO2+. The van der Waals surface area contributed by atoms with Gasteiger partial charge in [0.05, 0.1) is 13.1 Å². The fraction of sp³-hybridized carbons (Fsp3) is 0.471. The summed E-state index contributed by atoms with van der Waals surface area (Å²) < 4.78 is 5.41. The second kappa shape index (κ2) is 5.41. The Labute approximate surface area is 119 Å². The van der Waals surface area contributed by atoms with E-state index in [9.17, 15) is 4.79 Å². The van der Waals surface area contributed by atoms with Gasteiger partial charge in [-0.05, 0) is 50.3 Å². The Kier molecular flexibility index (Phi) is 3.62. The topological polar surface area (TPSA) is 34.6 Å². The van der Waals surface area contributed by atoms with Crippen molar-refractivity contribution < 1.29 is 9.32 Å². The summed E-state index contributed by atoms with van der Waals surface area (Å²) in [5.74, 6) is 0. The monoisotopic (exact) mass is 272 g/mol. The Morgan fingerprint density at radius 2 is 1.85 bits per heavy atom. The molecule has 1 saturated heterocycles. The molecule has 1 aromatic heterocycles. The zero-order valence-electron chi connectivity index (χ0n) is 12.3. The van der Waals surface area contributed by atoms with Crippen molar-refractivity contribution in [2.24, 2.45) is 0 Å². The van der Waals surface area contributed by atoms with Crippen LogP contribution in [-0.4, -0.2) is 13.1 Å². The van der Waals surface area contributed by atoms with Crippen LogP contribution in [0.1, 0.15) is 36.0 Å². The van der Waals surface area contributed by atoms with Crippen LogP contribution in [0.2, 0.25) is 0 Å². The minimum absolute atomic E-state index is 0.226. The van der Waals surface area contributed by atoms with Gasteiger partial charge in [-0.25, -0.2) is 4.79 Å². The number of likely N-dealkylation sites (tertiary alicyclic amines) is 1. The Morgan fingerprint density at radius 1 is 1.10 bits per heavy atom. The molecule has 0 unspecified atom stereocenters. The lowest BCUT2D eigenvalue weighted by Gasteiger charge is -2.24. The van der Waals surface area contributed by atoms with Gasteiger partial charge in [-0.2, -0.15) is 0 Å². The number of rotatable bonds is 2. The van der Waals surface area contributed by atoms with E-state index in [0.29, 0.717) is 0 Å². The average Bonchev–Trinajstić information content (AvgIpc) is 2.41. The smallest absolute Gasteiger partial charge is 0.336 e. The van der Waals surface area contributed by atoms with Crippen LogP contribution >= 0.6 is 0 Å². The molecule has 0 atom stereocenters. The van der Waals surface area contributed by atoms with Crippen molar-refractivity contribution in [1.29, 1.82) is 0 Å². The first-order chi connectivity index (χ1) is 9.63. The van der Waals surface area contributed by atoms with E-state index in [1.165, 1.54) is 37.9 Å². The molecule has 2 aromatic rings. The normalized spacial score (nSPS) is 16.7. The Hall–Kier alpha value is -1.61. The molecule has 1 fully saturated rings. The molecule has 0 aliphatic carbocycles. The van der Waals surface area contributed by atoms with Gasteiger partial charge in [-0.15, -0.1) is 0 Å². The van der Waals surface area contributed by atoms with E-state index >= 15 is 0 Å². The van der Waals surface area contributed by atoms with E-state index in [-0.39, 0.29) is 5.63 Å². The highest BCUT2D eigenvalue weighted by atomic mass is 16.4. The third-order valence-corrected chi connectivity index (χ3v) is 4.26. The van der Waals surface area contributed by atoms with Gasteiger partial charge in [0.25, 0.3) is 0 Å². The summed E-state index contributed by atoms with van der Waals surface area (Å²) >= 11 is 0. The van der Waals surface area contributed by atoms with Gasteiger partial charge in [-0.1, -0.05) is 6.07 Å². The number of benzene rings is 1. The summed E-state index contributed by atoms with van der Waals surface area (Å²) in [6, 6.07) is 5.90. The predicted molar refractivity (Wildman–Crippen MR) is 80.2 cm³/mol. The van der Waals surface area contributed by atoms with Crippen molar-refractivity contribution in [1.82, 2.24) is 0 Å². The lowest BCUT2D eigenvalue weighted by Crippen LogP contribution is -3.11. The third kappa shape index (κ3) is 2.63. The first-order valence-electron chi connectivity index (χ1n) is 7.51. The number of hydrogen-bond acceptors (Lipinski definition) is 2. The average molecular weight is 272 g/mol. The number of nitrogens with one attached hydrogen (secondary N) is 1. The van der Waals surface area contributed by atoms with Crippen molar-refractivity contribution >= 4 is 11.0 Å². The van der Waals surface area contributed by atoms with Crippen LogP contribution < -0.4 is 10.5 Å². The predicted octanol–water partition coefficient (Wildman–Crippen LogP) is 1.98. The molecule has 1 N–H and O–H groups in total. The largest absolute Gasteiger partial charge is 0.422 e. The number of hydrogen-bond donors (Lipinski definition) is 1. The van der Waals surface area contributed by atoms with Crippen molar-refractivity contribution in [3.63, 3.8) is 0 Å². The summed E-state index contributed by atoms with van der Waals surface area (Å²) in [7, 11) is 0. The molecule has 1 aliphatic rings. The molecule has 3 rings (SSSR count). The van der Waals surface area contributed by atoms with Gasteiger partial charge >= 0.3 is 5.63 Å². The summed E-state index contributed by atoms with van der Waals surface area (Å²) in [6.45, 7) is 7.47. The number of piperidine rings is 1. The Morgan fingerprint density at radius 3 is 2.60 bits per heavy atom. The van der Waals surface area contributed by atoms with Gasteiger partial charge in [0.2, 0.25) is 0 Å². The van der Waals surface area contributed by atoms with Gasteiger partial charge in [0.1, 0.15) is 12.1 Å². The van der Waals surface area contributed by atoms with Gasteiger partial charge in [0, 0.05) is 17.0 Å². The first kappa shape index (κ1) is 13.4. The minimum Gasteiger partial charge on any atom is -0.422 e. The van der Waals surface area contributed by atoms with E-state index in [2.05, 4.69) is 19.1 Å². The van der Waals surface area contributed by atoms with Gasteiger partial charge in [0.15, 0.2) is 0 Å². The molecule has 0 saturated carbocycles. The zero-order chi connectivity index (χ0) is 14.1. The van der Waals surface area contributed by atoms with Gasteiger partial charge < -0.3 is 9.32 Å². The van der Waals surface area contributed by atoms with Gasteiger partial charge in [-0.3, -0.25) is 0 Å². The highest BCUT2D eigenvalue weighted by Gasteiger charge is 2.17. The SMILES string of the molecule is Cc1cc(C)c2oc(=O)cc(C[NH+]3CCCCC3)c2c1. The van der Waals surface area contributed by atoms with Crippen LogP contribution in [0.25, 0.3) is 11.0 Å². The quantitative estimate of drug-likeness (QED) is 0.848. The van der Waals surface area contributed by atoms with Crippen LogP contribution in [0.15, 0.2) is 27.4 Å². The maximum atomic E-state index is 11.8. The summed E-state index contributed by atoms with van der Waals surface area (Å²) in [4.78, 5) is 13.4. The van der Waals surface area contributed by atoms with E-state index in [1.54, 1.807) is 11.0 Å². The number of quaternary nitrogens is 1. The Bertz CT molecular complexity index is 681. The molecule has 0 radical (unpaired) electrons. The van der Waals surface area contributed by atoms with Crippen molar-refractivity contribution in [2.75, 3.05) is 13.1 Å². The molecule has 3 nitrogen and oxygen atoms in total. The fourth-order valence-electron chi connectivity index (χ4n) is 3.32. The highest BCUT2D eigenvalue weighted by Crippen LogP contribution is 2.22. The summed E-state index contributed by atoms with van der Waals surface area (Å²) in [5.41, 5.74) is 3.94. The molecule has 3 heteroatoms. The van der Waals surface area contributed by atoms with Crippen molar-refractivity contribution in [3.8, 4) is 0 Å². The third-order valence-electron chi connectivity index (χ3n) is 4.26. The molecule has 2 heterocycles. The Balaban J connectivity index is 2.06. The van der Waals surface area contributed by atoms with Crippen LogP contribution in [-0.2, 0) is 6.54 Å². The van der Waals surface area contributed by atoms with E-state index in [1.807, 2.05) is 6.92 Å². The van der Waals surface area contributed by atoms with Crippen LogP contribution in [0.5, 0.6) is 0 Å². The van der Waals surface area contributed by atoms with Crippen molar-refractivity contribution in [3.05, 3.63) is 45.3 Å². The van der Waals surface area contributed by atoms with Crippen LogP contribution in [0.3, 0.4) is 0 Å². The van der Waals surface area contributed by atoms with Crippen LogP contribution in [0.4, 0.5) is 0 Å². The lowest BCUT2D eigenvalue weighted by molar-refractivity contribution is -0.918. The lowest BCUT2D eigenvalue weighted by atomic mass is 10.0. The van der Waals surface area contributed by atoms with E-state index in [0.717, 1.165) is 28.6 Å². The molecule has 0 amide bonds.